The molecule has 0 spiro atoms. The summed E-state index contributed by atoms with van der Waals surface area (Å²) in [5.41, 5.74) is 3.30. The third-order valence-corrected chi connectivity index (χ3v) is 3.38. The first-order chi connectivity index (χ1) is 11.5. The van der Waals surface area contributed by atoms with Gasteiger partial charge in [0, 0.05) is 19.2 Å². The van der Waals surface area contributed by atoms with E-state index in [1.807, 2.05) is 27.7 Å². The molecule has 2 N–H and O–H groups in total. The van der Waals surface area contributed by atoms with Gasteiger partial charge in [0.2, 0.25) is 5.91 Å². The second-order valence-corrected chi connectivity index (χ2v) is 6.75. The van der Waals surface area contributed by atoms with E-state index in [0.29, 0.717) is 13.1 Å². The van der Waals surface area contributed by atoms with Gasteiger partial charge in [-0.25, -0.2) is 0 Å². The molecule has 0 fully saturated rings. The number of nitrogens with zero attached hydrogens (tertiary/aromatic N) is 3. The average molecular weight is 352 g/mol. The van der Waals surface area contributed by atoms with Crippen molar-refractivity contribution >= 4 is 17.5 Å². The second-order valence-electron chi connectivity index (χ2n) is 6.75. The monoisotopic (exact) mass is 352 g/mol. The van der Waals surface area contributed by atoms with Crippen LogP contribution in [0.5, 0.6) is 0 Å². The number of hydrogen-bond acceptors (Lipinski definition) is 5. The Morgan fingerprint density at radius 3 is 2.16 bits per heavy atom. The highest BCUT2D eigenvalue weighted by atomic mass is 16.6. The van der Waals surface area contributed by atoms with Crippen molar-refractivity contribution in [1.82, 2.24) is 9.47 Å². The summed E-state index contributed by atoms with van der Waals surface area (Å²) in [6.45, 7) is 8.47. The lowest BCUT2D eigenvalue weighted by Gasteiger charge is -2.26. The molecule has 0 saturated carbocycles. The number of pyridine rings is 1. The van der Waals surface area contributed by atoms with Crippen molar-refractivity contribution in [3.05, 3.63) is 38.3 Å². The lowest BCUT2D eigenvalue weighted by Crippen LogP contribution is -2.41. The predicted molar refractivity (Wildman–Crippen MR) is 92.1 cm³/mol. The fourth-order valence-electron chi connectivity index (χ4n) is 2.42. The maximum atomic E-state index is 12.6. The molecule has 138 valence electrons. The van der Waals surface area contributed by atoms with Gasteiger partial charge >= 0.3 is 0 Å². The van der Waals surface area contributed by atoms with Gasteiger partial charge in [0.15, 0.2) is 0 Å². The van der Waals surface area contributed by atoms with Crippen molar-refractivity contribution in [3.8, 4) is 0 Å². The fraction of sp³-hybridized carbons (Fsp3) is 0.562. The maximum absolute atomic E-state index is 12.6. The molecule has 0 aromatic carbocycles. The van der Waals surface area contributed by atoms with Gasteiger partial charge in [-0.15, -0.1) is 0 Å². The van der Waals surface area contributed by atoms with E-state index in [4.69, 9.17) is 5.73 Å². The van der Waals surface area contributed by atoms with Crippen molar-refractivity contribution in [1.29, 1.82) is 0 Å². The second kappa shape index (κ2) is 8.41. The number of hydrogen-bond donors (Lipinski definition) is 1. The van der Waals surface area contributed by atoms with E-state index in [0.717, 1.165) is 16.8 Å². The molecule has 1 rings (SSSR count). The van der Waals surface area contributed by atoms with Crippen molar-refractivity contribution in [3.63, 3.8) is 0 Å². The Balaban J connectivity index is 3.22. The van der Waals surface area contributed by atoms with Crippen LogP contribution in [0.1, 0.15) is 38.1 Å². The number of carbonyl (C=O) groups excluding carboxylic acids is 2. The van der Waals surface area contributed by atoms with E-state index in [2.05, 4.69) is 0 Å². The number of aromatic nitrogens is 1. The molecule has 9 nitrogen and oxygen atoms in total. The summed E-state index contributed by atoms with van der Waals surface area (Å²) in [7, 11) is 0. The van der Waals surface area contributed by atoms with Crippen molar-refractivity contribution in [2.75, 3.05) is 13.1 Å². The Morgan fingerprint density at radius 1 is 1.24 bits per heavy atom. The zero-order chi connectivity index (χ0) is 19.3. The molecule has 0 bridgehead atoms. The molecule has 0 radical (unpaired) electrons. The Bertz CT molecular complexity index is 714. The van der Waals surface area contributed by atoms with Crippen LogP contribution in [-0.4, -0.2) is 39.3 Å². The minimum atomic E-state index is -1.07. The fourth-order valence-corrected chi connectivity index (χ4v) is 2.42. The maximum Gasteiger partial charge on any atom is 0.286 e. The average Bonchev–Trinajstić information content (AvgIpc) is 2.46. The molecule has 0 unspecified atom stereocenters. The number of primary amides is 1. The molecule has 1 aromatic rings. The number of carbonyl (C=O) groups is 2. The summed E-state index contributed by atoms with van der Waals surface area (Å²) in [6.07, 6.45) is 0.954. The standard InChI is InChI=1S/C16H24N4O5/c1-10(2)6-18(7-11(3)4)14(21)9-19-8-12(20(24)25)5-13(15(17)22)16(19)23/h5,8,10-11H,6-7,9H2,1-4H3,(H2,17,22). The topological polar surface area (TPSA) is 129 Å². The summed E-state index contributed by atoms with van der Waals surface area (Å²) in [6, 6.07) is 0.825. The highest BCUT2D eigenvalue weighted by Gasteiger charge is 2.21. The quantitative estimate of drug-likeness (QED) is 0.551. The molecule has 2 amide bonds. The molecule has 0 aliphatic heterocycles. The first kappa shape index (κ1) is 20.3. The smallest absolute Gasteiger partial charge is 0.286 e. The van der Waals surface area contributed by atoms with Gasteiger partial charge in [-0.1, -0.05) is 27.7 Å². The van der Waals surface area contributed by atoms with Gasteiger partial charge in [-0.2, -0.15) is 0 Å². The Hall–Kier alpha value is -2.71. The lowest BCUT2D eigenvalue weighted by atomic mass is 10.1. The van der Waals surface area contributed by atoms with Crippen molar-refractivity contribution < 1.29 is 14.5 Å². The van der Waals surface area contributed by atoms with Crippen molar-refractivity contribution in [2.45, 2.75) is 34.2 Å². The Labute approximate surface area is 145 Å². The minimum absolute atomic E-state index is 0.228. The summed E-state index contributed by atoms with van der Waals surface area (Å²) in [4.78, 5) is 48.1. The third-order valence-electron chi connectivity index (χ3n) is 3.38. The van der Waals surface area contributed by atoms with Gasteiger partial charge in [0.25, 0.3) is 17.2 Å². The van der Waals surface area contributed by atoms with E-state index >= 15 is 0 Å². The number of nitrogens with two attached hydrogens (primary N) is 1. The zero-order valence-corrected chi connectivity index (χ0v) is 14.9. The van der Waals surface area contributed by atoms with Crippen LogP contribution >= 0.6 is 0 Å². The molecule has 25 heavy (non-hydrogen) atoms. The summed E-state index contributed by atoms with van der Waals surface area (Å²) in [5, 5.41) is 11.0. The van der Waals surface area contributed by atoms with Crippen LogP contribution in [0.15, 0.2) is 17.1 Å². The molecule has 1 aromatic heterocycles. The molecular formula is C16H24N4O5. The van der Waals surface area contributed by atoms with E-state index in [1.54, 1.807) is 4.90 Å². The van der Waals surface area contributed by atoms with Crippen LogP contribution in [0, 0.1) is 22.0 Å². The van der Waals surface area contributed by atoms with Crippen LogP contribution in [0.2, 0.25) is 0 Å². The molecule has 1 heterocycles. The van der Waals surface area contributed by atoms with E-state index < -0.39 is 27.6 Å². The van der Waals surface area contributed by atoms with E-state index in [1.165, 1.54) is 0 Å². The van der Waals surface area contributed by atoms with Crippen LogP contribution in [-0.2, 0) is 11.3 Å². The molecule has 0 atom stereocenters. The van der Waals surface area contributed by atoms with Crippen molar-refractivity contribution in [2.24, 2.45) is 17.6 Å². The van der Waals surface area contributed by atoms with Gasteiger partial charge < -0.3 is 10.6 Å². The minimum Gasteiger partial charge on any atom is -0.365 e. The first-order valence-corrected chi connectivity index (χ1v) is 7.99. The van der Waals surface area contributed by atoms with E-state index in [-0.39, 0.29) is 24.3 Å². The third kappa shape index (κ3) is 5.70. The largest absolute Gasteiger partial charge is 0.365 e. The highest BCUT2D eigenvalue weighted by molar-refractivity contribution is 5.93. The van der Waals surface area contributed by atoms with Gasteiger partial charge in [-0.3, -0.25) is 29.1 Å². The van der Waals surface area contributed by atoms with Crippen LogP contribution in [0.25, 0.3) is 0 Å². The molecule has 0 aliphatic carbocycles. The predicted octanol–water partition coefficient (Wildman–Crippen LogP) is 0.996. The van der Waals surface area contributed by atoms with Gasteiger partial charge in [-0.05, 0) is 11.8 Å². The van der Waals surface area contributed by atoms with Gasteiger partial charge in [0.1, 0.15) is 12.1 Å². The first-order valence-electron chi connectivity index (χ1n) is 7.99. The number of rotatable bonds is 8. The van der Waals surface area contributed by atoms with Crippen LogP contribution < -0.4 is 11.3 Å². The number of nitro groups is 1. The Kier molecular flexibility index (Phi) is 6.84. The normalized spacial score (nSPS) is 11.0. The lowest BCUT2D eigenvalue weighted by molar-refractivity contribution is -0.385. The summed E-state index contributed by atoms with van der Waals surface area (Å²) < 4.78 is 0.869. The van der Waals surface area contributed by atoms with Gasteiger partial charge in [0.05, 0.1) is 11.1 Å². The molecule has 0 aliphatic rings. The zero-order valence-electron chi connectivity index (χ0n) is 14.9. The highest BCUT2D eigenvalue weighted by Crippen LogP contribution is 2.11. The van der Waals surface area contributed by atoms with E-state index in [9.17, 15) is 24.5 Å². The molecular weight excluding hydrogens is 328 g/mol. The Morgan fingerprint density at radius 2 is 1.76 bits per heavy atom. The van der Waals surface area contributed by atoms with Crippen LogP contribution in [0.4, 0.5) is 5.69 Å². The summed E-state index contributed by atoms with van der Waals surface area (Å²) >= 11 is 0. The molecule has 9 heteroatoms. The summed E-state index contributed by atoms with van der Waals surface area (Å²) in [5.74, 6) is -0.965. The number of amides is 2. The SMILES string of the molecule is CC(C)CN(CC(C)C)C(=O)Cn1cc([N+](=O)[O-])cc(C(N)=O)c1=O. The molecule has 0 saturated heterocycles. The van der Waals surface area contributed by atoms with Crippen LogP contribution in [0.3, 0.4) is 0 Å².